The summed E-state index contributed by atoms with van der Waals surface area (Å²) in [6.07, 6.45) is 0. The first-order chi connectivity index (χ1) is 8.65. The molecule has 0 saturated heterocycles. The molecule has 0 spiro atoms. The molecule has 0 aliphatic rings. The average Bonchev–Trinajstić information content (AvgIpc) is 2.64. The summed E-state index contributed by atoms with van der Waals surface area (Å²) in [5.41, 5.74) is 1.46. The molecule has 0 atom stereocenters. The van der Waals surface area contributed by atoms with Crippen LogP contribution in [-0.2, 0) is 13.7 Å². The van der Waals surface area contributed by atoms with E-state index in [1.54, 1.807) is 24.9 Å². The summed E-state index contributed by atoms with van der Waals surface area (Å²) in [5.74, 6) is 1.91. The van der Waals surface area contributed by atoms with Crippen molar-refractivity contribution >= 4 is 0 Å². The Morgan fingerprint density at radius 2 is 2.06 bits per heavy atom. The number of rotatable bonds is 4. The van der Waals surface area contributed by atoms with Gasteiger partial charge in [0.25, 0.3) is 0 Å². The molecular weight excluding hydrogens is 232 g/mol. The van der Waals surface area contributed by atoms with Crippen molar-refractivity contribution < 1.29 is 14.6 Å². The molecule has 0 radical (unpaired) electrons. The molecular formula is C13H16N2O3. The van der Waals surface area contributed by atoms with E-state index in [4.69, 9.17) is 9.47 Å². The molecule has 0 bridgehead atoms. The Balaban J connectivity index is 2.33. The van der Waals surface area contributed by atoms with Gasteiger partial charge in [-0.05, 0) is 19.1 Å². The van der Waals surface area contributed by atoms with Crippen LogP contribution >= 0.6 is 0 Å². The van der Waals surface area contributed by atoms with Crippen molar-refractivity contribution in [2.45, 2.75) is 13.5 Å². The normalized spacial score (nSPS) is 10.4. The minimum atomic E-state index is -0.0982. The molecule has 96 valence electrons. The van der Waals surface area contributed by atoms with Gasteiger partial charge in [-0.1, -0.05) is 6.07 Å². The zero-order valence-electron chi connectivity index (χ0n) is 10.7. The summed E-state index contributed by atoms with van der Waals surface area (Å²) in [7, 11) is 3.38. The van der Waals surface area contributed by atoms with Crippen LogP contribution in [-0.4, -0.2) is 22.0 Å². The molecule has 2 aromatic rings. The summed E-state index contributed by atoms with van der Waals surface area (Å²) in [6.45, 7) is 1.74. The maximum absolute atomic E-state index is 9.33. The highest BCUT2D eigenvalue weighted by molar-refractivity contribution is 5.38. The van der Waals surface area contributed by atoms with Gasteiger partial charge in [0.1, 0.15) is 11.5 Å². The number of benzene rings is 1. The number of aliphatic hydroxyl groups excluding tert-OH is 1. The third-order valence-corrected chi connectivity index (χ3v) is 2.70. The minimum Gasteiger partial charge on any atom is -0.497 e. The number of ether oxygens (including phenoxy) is 2. The first-order valence-corrected chi connectivity index (χ1v) is 5.61. The van der Waals surface area contributed by atoms with Crippen molar-refractivity contribution in [1.29, 1.82) is 0 Å². The van der Waals surface area contributed by atoms with Gasteiger partial charge in [-0.25, -0.2) is 4.68 Å². The van der Waals surface area contributed by atoms with Gasteiger partial charge in [0.2, 0.25) is 5.88 Å². The van der Waals surface area contributed by atoms with Crippen molar-refractivity contribution in [3.63, 3.8) is 0 Å². The maximum atomic E-state index is 9.33. The van der Waals surface area contributed by atoms with Crippen LogP contribution in [0.15, 0.2) is 24.3 Å². The Hall–Kier alpha value is -2.01. The van der Waals surface area contributed by atoms with Gasteiger partial charge < -0.3 is 14.6 Å². The first kappa shape index (κ1) is 12.4. The number of aliphatic hydroxyl groups is 1. The van der Waals surface area contributed by atoms with E-state index in [9.17, 15) is 5.11 Å². The molecule has 2 rings (SSSR count). The van der Waals surface area contributed by atoms with E-state index in [2.05, 4.69) is 5.10 Å². The molecule has 0 fully saturated rings. The Morgan fingerprint density at radius 1 is 1.33 bits per heavy atom. The summed E-state index contributed by atoms with van der Waals surface area (Å²) in [4.78, 5) is 0. The lowest BCUT2D eigenvalue weighted by atomic mass is 10.2. The second-order valence-corrected chi connectivity index (χ2v) is 3.93. The smallest absolute Gasteiger partial charge is 0.223 e. The summed E-state index contributed by atoms with van der Waals surface area (Å²) in [6, 6.07) is 7.29. The van der Waals surface area contributed by atoms with Crippen LogP contribution in [0.4, 0.5) is 0 Å². The SMILES string of the molecule is COc1cccc(Oc2c(CO)c(C)nn2C)c1. The molecule has 1 aromatic carbocycles. The van der Waals surface area contributed by atoms with Crippen molar-refractivity contribution in [1.82, 2.24) is 9.78 Å². The fourth-order valence-electron chi connectivity index (χ4n) is 1.77. The lowest BCUT2D eigenvalue weighted by Gasteiger charge is -2.08. The predicted octanol–water partition coefficient (Wildman–Crippen LogP) is 2.02. The van der Waals surface area contributed by atoms with E-state index >= 15 is 0 Å². The minimum absolute atomic E-state index is 0.0982. The van der Waals surface area contributed by atoms with Gasteiger partial charge in [0, 0.05) is 13.1 Å². The average molecular weight is 248 g/mol. The Morgan fingerprint density at radius 3 is 2.72 bits per heavy atom. The second-order valence-electron chi connectivity index (χ2n) is 3.93. The van der Waals surface area contributed by atoms with Crippen LogP contribution < -0.4 is 9.47 Å². The molecule has 0 aliphatic carbocycles. The molecule has 0 saturated carbocycles. The van der Waals surface area contributed by atoms with Gasteiger partial charge >= 0.3 is 0 Å². The third-order valence-electron chi connectivity index (χ3n) is 2.70. The summed E-state index contributed by atoms with van der Waals surface area (Å²) in [5, 5.41) is 13.6. The number of nitrogens with zero attached hydrogens (tertiary/aromatic N) is 2. The van der Waals surface area contributed by atoms with E-state index in [0.717, 1.165) is 11.4 Å². The Bertz CT molecular complexity index is 549. The van der Waals surface area contributed by atoms with E-state index in [0.29, 0.717) is 17.2 Å². The highest BCUT2D eigenvalue weighted by Gasteiger charge is 2.14. The Kier molecular flexibility index (Phi) is 3.53. The summed E-state index contributed by atoms with van der Waals surface area (Å²) >= 11 is 0. The first-order valence-electron chi connectivity index (χ1n) is 5.61. The van der Waals surface area contributed by atoms with E-state index in [-0.39, 0.29) is 6.61 Å². The molecule has 1 aromatic heterocycles. The van der Waals surface area contributed by atoms with Gasteiger partial charge in [0.05, 0.1) is 25.0 Å². The van der Waals surface area contributed by atoms with E-state index < -0.39 is 0 Å². The molecule has 1 heterocycles. The van der Waals surface area contributed by atoms with Gasteiger partial charge in [0.15, 0.2) is 0 Å². The zero-order valence-corrected chi connectivity index (χ0v) is 10.7. The molecule has 0 aliphatic heterocycles. The molecule has 18 heavy (non-hydrogen) atoms. The van der Waals surface area contributed by atoms with Gasteiger partial charge in [-0.2, -0.15) is 5.10 Å². The standard InChI is InChI=1S/C13H16N2O3/c1-9-12(8-16)13(15(2)14-9)18-11-6-4-5-10(7-11)17-3/h4-7,16H,8H2,1-3H3. The highest BCUT2D eigenvalue weighted by atomic mass is 16.5. The summed E-state index contributed by atoms with van der Waals surface area (Å²) < 4.78 is 12.5. The monoisotopic (exact) mass is 248 g/mol. The van der Waals surface area contributed by atoms with E-state index in [1.165, 1.54) is 0 Å². The van der Waals surface area contributed by atoms with Crippen LogP contribution in [0, 0.1) is 6.92 Å². The number of methoxy groups -OCH3 is 1. The van der Waals surface area contributed by atoms with Crippen LogP contribution in [0.3, 0.4) is 0 Å². The van der Waals surface area contributed by atoms with Crippen molar-refractivity contribution in [3.05, 3.63) is 35.5 Å². The van der Waals surface area contributed by atoms with Crippen LogP contribution in [0.2, 0.25) is 0 Å². The number of hydrogen-bond donors (Lipinski definition) is 1. The second kappa shape index (κ2) is 5.10. The predicted molar refractivity (Wildman–Crippen MR) is 66.9 cm³/mol. The van der Waals surface area contributed by atoms with Crippen molar-refractivity contribution in [3.8, 4) is 17.4 Å². The number of aryl methyl sites for hydroxylation is 2. The molecule has 1 N–H and O–H groups in total. The fraction of sp³-hybridized carbons (Fsp3) is 0.308. The highest BCUT2D eigenvalue weighted by Crippen LogP contribution is 2.29. The quantitative estimate of drug-likeness (QED) is 0.899. The largest absolute Gasteiger partial charge is 0.497 e. The fourth-order valence-corrected chi connectivity index (χ4v) is 1.77. The van der Waals surface area contributed by atoms with Crippen LogP contribution in [0.5, 0.6) is 17.4 Å². The van der Waals surface area contributed by atoms with E-state index in [1.807, 2.05) is 25.1 Å². The van der Waals surface area contributed by atoms with Crippen molar-refractivity contribution in [2.75, 3.05) is 7.11 Å². The van der Waals surface area contributed by atoms with Gasteiger partial charge in [-0.15, -0.1) is 0 Å². The van der Waals surface area contributed by atoms with Gasteiger partial charge in [-0.3, -0.25) is 0 Å². The number of hydrogen-bond acceptors (Lipinski definition) is 4. The molecule has 5 heteroatoms. The topological polar surface area (TPSA) is 56.5 Å². The van der Waals surface area contributed by atoms with Crippen molar-refractivity contribution in [2.24, 2.45) is 7.05 Å². The lowest BCUT2D eigenvalue weighted by molar-refractivity contribution is 0.274. The maximum Gasteiger partial charge on any atom is 0.223 e. The zero-order chi connectivity index (χ0) is 13.1. The third kappa shape index (κ3) is 2.31. The van der Waals surface area contributed by atoms with Crippen LogP contribution in [0.25, 0.3) is 0 Å². The van der Waals surface area contributed by atoms with Crippen LogP contribution in [0.1, 0.15) is 11.3 Å². The molecule has 0 unspecified atom stereocenters. The number of aromatic nitrogens is 2. The lowest BCUT2D eigenvalue weighted by Crippen LogP contribution is -1.97. The Labute approximate surface area is 106 Å². The molecule has 5 nitrogen and oxygen atoms in total. The molecule has 0 amide bonds.